The molecule has 1 atom stereocenters. The molecule has 2 aromatic rings. The van der Waals surface area contributed by atoms with E-state index in [1.807, 2.05) is 30.3 Å². The van der Waals surface area contributed by atoms with Gasteiger partial charge in [-0.05, 0) is 18.2 Å². The molecule has 102 valence electrons. The molecule has 0 spiro atoms. The molecule has 5 nitrogen and oxygen atoms in total. The van der Waals surface area contributed by atoms with E-state index >= 15 is 0 Å². The van der Waals surface area contributed by atoms with E-state index in [2.05, 4.69) is 14.9 Å². The Morgan fingerprint density at radius 3 is 3.25 bits per heavy atom. The molecule has 1 aromatic heterocycles. The number of fused-ring (bicyclic) bond motifs is 2. The maximum Gasteiger partial charge on any atom is 0.292 e. The number of para-hydroxylation sites is 1. The summed E-state index contributed by atoms with van der Waals surface area (Å²) in [5.74, 6) is 0. The van der Waals surface area contributed by atoms with Gasteiger partial charge in [-0.1, -0.05) is 23.5 Å². The minimum atomic E-state index is 0.0145. The monoisotopic (exact) mass is 287 g/mol. The van der Waals surface area contributed by atoms with Crippen LogP contribution in [-0.2, 0) is 4.74 Å². The average Bonchev–Trinajstić information content (AvgIpc) is 3.07. The number of aliphatic imine (C=N–C) groups is 1. The molecule has 1 saturated heterocycles. The number of rotatable bonds is 3. The molecule has 4 rings (SSSR count). The summed E-state index contributed by atoms with van der Waals surface area (Å²) >= 11 is 1.56. The van der Waals surface area contributed by atoms with Gasteiger partial charge in [0, 0.05) is 12.7 Å². The Balaban J connectivity index is 1.41. The number of benzene rings is 1. The van der Waals surface area contributed by atoms with Crippen LogP contribution in [0.25, 0.3) is 10.2 Å². The van der Waals surface area contributed by atoms with Gasteiger partial charge in [-0.2, -0.15) is 0 Å². The van der Waals surface area contributed by atoms with E-state index in [-0.39, 0.29) is 6.10 Å². The molecule has 1 fully saturated rings. The van der Waals surface area contributed by atoms with Gasteiger partial charge in [0.25, 0.3) is 11.2 Å². The van der Waals surface area contributed by atoms with Crippen molar-refractivity contribution < 1.29 is 9.47 Å². The fraction of sp³-hybridized carbons (Fsp3) is 0.286. The molecule has 0 saturated carbocycles. The smallest absolute Gasteiger partial charge is 0.292 e. The lowest BCUT2D eigenvalue weighted by atomic mass is 10.3. The first-order valence-electron chi connectivity index (χ1n) is 6.51. The van der Waals surface area contributed by atoms with Gasteiger partial charge >= 0.3 is 0 Å². The zero-order chi connectivity index (χ0) is 13.4. The van der Waals surface area contributed by atoms with Crippen molar-refractivity contribution in [1.82, 2.24) is 9.88 Å². The van der Waals surface area contributed by atoms with Crippen LogP contribution in [-0.4, -0.2) is 41.7 Å². The zero-order valence-corrected chi connectivity index (χ0v) is 11.5. The van der Waals surface area contributed by atoms with Crippen molar-refractivity contribution in [3.63, 3.8) is 0 Å². The SMILES string of the molecule is C1=CN=C2O[C@H](COc3nc4ccccc4s3)CN2C1. The Morgan fingerprint density at radius 2 is 2.35 bits per heavy atom. The highest BCUT2D eigenvalue weighted by Gasteiger charge is 2.30. The van der Waals surface area contributed by atoms with Gasteiger partial charge in [0.2, 0.25) is 0 Å². The fourth-order valence-electron chi connectivity index (χ4n) is 2.30. The number of thiazole rings is 1. The van der Waals surface area contributed by atoms with Crippen molar-refractivity contribution in [3.05, 3.63) is 36.5 Å². The van der Waals surface area contributed by atoms with Crippen molar-refractivity contribution in [2.45, 2.75) is 6.10 Å². The lowest BCUT2D eigenvalue weighted by molar-refractivity contribution is 0.146. The van der Waals surface area contributed by atoms with Crippen LogP contribution in [0.15, 0.2) is 41.5 Å². The molecule has 0 radical (unpaired) electrons. The van der Waals surface area contributed by atoms with Crippen molar-refractivity contribution >= 4 is 27.6 Å². The third-order valence-corrected chi connectivity index (χ3v) is 4.20. The number of hydrogen-bond acceptors (Lipinski definition) is 6. The Kier molecular flexibility index (Phi) is 2.81. The van der Waals surface area contributed by atoms with Crippen molar-refractivity contribution in [3.8, 4) is 5.19 Å². The Bertz CT molecular complexity index is 662. The standard InChI is InChI=1S/C14H13N3O2S/c1-2-5-12-11(4-1)16-14(20-12)18-9-10-8-17-7-3-6-15-13(17)19-10/h1-6,10H,7-9H2/t10-/m0/s1. The minimum absolute atomic E-state index is 0.0145. The number of aromatic nitrogens is 1. The van der Waals surface area contributed by atoms with Crippen LogP contribution >= 0.6 is 11.3 Å². The largest absolute Gasteiger partial charge is 0.466 e. The molecule has 0 aliphatic carbocycles. The zero-order valence-electron chi connectivity index (χ0n) is 10.7. The second kappa shape index (κ2) is 4.79. The molecule has 6 heteroatoms. The minimum Gasteiger partial charge on any atom is -0.466 e. The first-order chi connectivity index (χ1) is 9.88. The Labute approximate surface area is 120 Å². The van der Waals surface area contributed by atoms with E-state index in [0.717, 1.165) is 23.3 Å². The van der Waals surface area contributed by atoms with Gasteiger partial charge in [0.1, 0.15) is 6.61 Å². The normalized spacial score (nSPS) is 20.7. The summed E-state index contributed by atoms with van der Waals surface area (Å²) in [5, 5.41) is 0.694. The molecule has 2 aliphatic rings. The third kappa shape index (κ3) is 2.12. The van der Waals surface area contributed by atoms with E-state index in [1.165, 1.54) is 0 Å². The van der Waals surface area contributed by atoms with Crippen molar-refractivity contribution in [2.75, 3.05) is 19.7 Å². The molecular formula is C14H13N3O2S. The summed E-state index contributed by atoms with van der Waals surface area (Å²) in [6, 6.07) is 8.73. The summed E-state index contributed by atoms with van der Waals surface area (Å²) in [4.78, 5) is 10.8. The molecule has 20 heavy (non-hydrogen) atoms. The van der Waals surface area contributed by atoms with E-state index in [9.17, 15) is 0 Å². The van der Waals surface area contributed by atoms with Crippen molar-refractivity contribution in [1.29, 1.82) is 0 Å². The summed E-state index contributed by atoms with van der Waals surface area (Å²) in [5.41, 5.74) is 0.978. The number of nitrogens with zero attached hydrogens (tertiary/aromatic N) is 3. The van der Waals surface area contributed by atoms with Gasteiger partial charge in [-0.25, -0.2) is 9.98 Å². The van der Waals surface area contributed by atoms with Crippen LogP contribution in [0.1, 0.15) is 0 Å². The molecule has 2 aliphatic heterocycles. The number of amidine groups is 1. The molecule has 0 bridgehead atoms. The van der Waals surface area contributed by atoms with E-state index in [0.29, 0.717) is 17.8 Å². The van der Waals surface area contributed by atoms with Crippen LogP contribution in [0.4, 0.5) is 0 Å². The molecule has 0 unspecified atom stereocenters. The quantitative estimate of drug-likeness (QED) is 0.868. The lowest BCUT2D eigenvalue weighted by Gasteiger charge is -2.14. The summed E-state index contributed by atoms with van der Waals surface area (Å²) in [6.45, 7) is 2.17. The van der Waals surface area contributed by atoms with Gasteiger partial charge in [0.05, 0.1) is 16.8 Å². The van der Waals surface area contributed by atoms with Crippen LogP contribution in [0.5, 0.6) is 5.19 Å². The second-order valence-corrected chi connectivity index (χ2v) is 5.69. The van der Waals surface area contributed by atoms with Gasteiger partial charge < -0.3 is 14.4 Å². The average molecular weight is 287 g/mol. The highest BCUT2D eigenvalue weighted by Crippen LogP contribution is 2.27. The van der Waals surface area contributed by atoms with Gasteiger partial charge in [-0.15, -0.1) is 0 Å². The predicted molar refractivity (Wildman–Crippen MR) is 78.1 cm³/mol. The molecule has 0 N–H and O–H groups in total. The maximum absolute atomic E-state index is 5.76. The molecule has 3 heterocycles. The molecule has 0 amide bonds. The summed E-state index contributed by atoms with van der Waals surface area (Å²) in [6.07, 6.45) is 3.81. The second-order valence-electron chi connectivity index (χ2n) is 4.70. The highest BCUT2D eigenvalue weighted by molar-refractivity contribution is 7.20. The van der Waals surface area contributed by atoms with Crippen molar-refractivity contribution in [2.24, 2.45) is 4.99 Å². The summed E-state index contributed by atoms with van der Waals surface area (Å²) < 4.78 is 12.6. The predicted octanol–water partition coefficient (Wildman–Crippen LogP) is 2.26. The number of ether oxygens (including phenoxy) is 2. The fourth-order valence-corrected chi connectivity index (χ4v) is 3.13. The Morgan fingerprint density at radius 1 is 1.40 bits per heavy atom. The topological polar surface area (TPSA) is 47.0 Å². The van der Waals surface area contributed by atoms with E-state index in [1.54, 1.807) is 17.5 Å². The lowest BCUT2D eigenvalue weighted by Crippen LogP contribution is -2.28. The van der Waals surface area contributed by atoms with Crippen LogP contribution < -0.4 is 4.74 Å². The maximum atomic E-state index is 5.76. The molecular weight excluding hydrogens is 274 g/mol. The van der Waals surface area contributed by atoms with E-state index in [4.69, 9.17) is 9.47 Å². The van der Waals surface area contributed by atoms with Gasteiger partial charge in [0.15, 0.2) is 6.10 Å². The number of hydrogen-bond donors (Lipinski definition) is 0. The first-order valence-corrected chi connectivity index (χ1v) is 7.33. The van der Waals surface area contributed by atoms with Gasteiger partial charge in [-0.3, -0.25) is 0 Å². The molecule has 1 aromatic carbocycles. The summed E-state index contributed by atoms with van der Waals surface area (Å²) in [7, 11) is 0. The van der Waals surface area contributed by atoms with Crippen LogP contribution in [0.3, 0.4) is 0 Å². The highest BCUT2D eigenvalue weighted by atomic mass is 32.1. The third-order valence-electron chi connectivity index (χ3n) is 3.25. The van der Waals surface area contributed by atoms with Crippen LogP contribution in [0.2, 0.25) is 0 Å². The Hall–Kier alpha value is -2.08. The first kappa shape index (κ1) is 11.7. The van der Waals surface area contributed by atoms with Crippen LogP contribution in [0, 0.1) is 0 Å². The van der Waals surface area contributed by atoms with E-state index < -0.39 is 0 Å².